The van der Waals surface area contributed by atoms with Crippen molar-refractivity contribution in [2.24, 2.45) is 11.0 Å². The van der Waals surface area contributed by atoms with Gasteiger partial charge in [0, 0.05) is 17.5 Å². The number of hydrazone groups is 1. The molecule has 0 spiro atoms. The third kappa shape index (κ3) is 5.69. The first-order valence-electron chi connectivity index (χ1n) is 14.5. The lowest BCUT2D eigenvalue weighted by atomic mass is 9.77. The maximum absolute atomic E-state index is 14.4. The molecule has 0 N–H and O–H groups in total. The highest BCUT2D eigenvalue weighted by atomic mass is 35.5. The van der Waals surface area contributed by atoms with E-state index in [1.165, 1.54) is 16.4 Å². The Hall–Kier alpha value is -3.66. The van der Waals surface area contributed by atoms with Crippen LogP contribution in [0.25, 0.3) is 6.08 Å². The van der Waals surface area contributed by atoms with Gasteiger partial charge in [0.05, 0.1) is 30.9 Å². The molecule has 2 fully saturated rings. The molecule has 224 valence electrons. The van der Waals surface area contributed by atoms with Crippen LogP contribution >= 0.6 is 11.6 Å². The molecule has 10 heteroatoms. The molecule has 43 heavy (non-hydrogen) atoms. The maximum atomic E-state index is 14.4. The van der Waals surface area contributed by atoms with Gasteiger partial charge in [0.15, 0.2) is 0 Å². The van der Waals surface area contributed by atoms with E-state index < -0.39 is 16.1 Å². The fraction of sp³-hybridized carbons (Fsp3) is 0.333. The Morgan fingerprint density at radius 3 is 2.21 bits per heavy atom. The topological polar surface area (TPSA) is 88.5 Å². The van der Waals surface area contributed by atoms with Crippen molar-refractivity contribution in [2.45, 2.75) is 49.1 Å². The zero-order chi connectivity index (χ0) is 30.1. The molecule has 1 saturated heterocycles. The number of hydrogen-bond donors (Lipinski definition) is 0. The van der Waals surface area contributed by atoms with Crippen molar-refractivity contribution < 1.29 is 22.7 Å². The summed E-state index contributed by atoms with van der Waals surface area (Å²) in [6.45, 7) is 0.269. The molecule has 3 aliphatic rings. The summed E-state index contributed by atoms with van der Waals surface area (Å²) in [6, 6.07) is 20.5. The maximum Gasteiger partial charge on any atom is 0.261 e. The lowest BCUT2D eigenvalue weighted by Crippen LogP contribution is -2.46. The van der Waals surface area contributed by atoms with Gasteiger partial charge >= 0.3 is 0 Å². The van der Waals surface area contributed by atoms with E-state index in [1.54, 1.807) is 31.4 Å². The molecule has 1 saturated carbocycles. The van der Waals surface area contributed by atoms with E-state index in [4.69, 9.17) is 26.2 Å². The van der Waals surface area contributed by atoms with Gasteiger partial charge < -0.3 is 9.47 Å². The molecule has 0 radical (unpaired) electrons. The highest BCUT2D eigenvalue weighted by molar-refractivity contribution is 7.89. The SMILES string of the molecule is COc1ccc(/C=C2\CCC[C@@H]3C2=NN(C(=O)[C@@H]2CCCN2S(=O)(=O)c2ccc(Cl)cc2)[C@@H]3c2ccc(OC)cc2)cc1. The van der Waals surface area contributed by atoms with E-state index in [-0.39, 0.29) is 29.3 Å². The summed E-state index contributed by atoms with van der Waals surface area (Å²) >= 11 is 6.01. The Morgan fingerprint density at radius 2 is 1.56 bits per heavy atom. The zero-order valence-corrected chi connectivity index (χ0v) is 25.7. The van der Waals surface area contributed by atoms with E-state index in [2.05, 4.69) is 6.08 Å². The Bertz CT molecular complexity index is 1650. The quantitative estimate of drug-likeness (QED) is 0.308. The van der Waals surface area contributed by atoms with Gasteiger partial charge in [-0.3, -0.25) is 4.79 Å². The second-order valence-electron chi connectivity index (χ2n) is 11.1. The zero-order valence-electron chi connectivity index (χ0n) is 24.1. The first kappa shape index (κ1) is 29.4. The molecular formula is C33H34ClN3O5S. The van der Waals surface area contributed by atoms with E-state index in [0.717, 1.165) is 53.2 Å². The number of benzene rings is 3. The lowest BCUT2D eigenvalue weighted by Gasteiger charge is -2.32. The molecular weight excluding hydrogens is 586 g/mol. The predicted molar refractivity (Wildman–Crippen MR) is 167 cm³/mol. The molecule has 2 heterocycles. The minimum atomic E-state index is -3.91. The van der Waals surface area contributed by atoms with Gasteiger partial charge in [-0.1, -0.05) is 35.9 Å². The predicted octanol–water partition coefficient (Wildman–Crippen LogP) is 6.33. The van der Waals surface area contributed by atoms with Crippen LogP contribution in [0.5, 0.6) is 11.5 Å². The van der Waals surface area contributed by atoms with Gasteiger partial charge in [-0.25, -0.2) is 13.4 Å². The number of ether oxygens (including phenoxy) is 2. The molecule has 0 unspecified atom stereocenters. The number of carbonyl (C=O) groups is 1. The average Bonchev–Trinajstić information content (AvgIpc) is 3.68. The number of carbonyl (C=O) groups excluding carboxylic acids is 1. The van der Waals surface area contributed by atoms with Gasteiger partial charge in [-0.2, -0.15) is 9.41 Å². The van der Waals surface area contributed by atoms with Crippen LogP contribution in [0, 0.1) is 5.92 Å². The number of rotatable bonds is 7. The van der Waals surface area contributed by atoms with Crippen LogP contribution in [0.15, 0.2) is 88.4 Å². The minimum Gasteiger partial charge on any atom is -0.497 e. The molecule has 1 amide bonds. The van der Waals surface area contributed by atoms with Gasteiger partial charge in [-0.05, 0) is 103 Å². The van der Waals surface area contributed by atoms with Crippen LogP contribution in [-0.4, -0.2) is 56.2 Å². The first-order valence-corrected chi connectivity index (χ1v) is 16.3. The number of fused-ring (bicyclic) bond motifs is 1. The van der Waals surface area contributed by atoms with E-state index >= 15 is 0 Å². The molecule has 0 aromatic heterocycles. The summed E-state index contributed by atoms with van der Waals surface area (Å²) < 4.78 is 39.4. The highest BCUT2D eigenvalue weighted by Gasteiger charge is 2.48. The fourth-order valence-corrected chi connectivity index (χ4v) is 8.16. The smallest absolute Gasteiger partial charge is 0.261 e. The largest absolute Gasteiger partial charge is 0.497 e. The molecule has 3 aromatic carbocycles. The molecule has 3 aromatic rings. The van der Waals surface area contributed by atoms with Crippen LogP contribution in [0.3, 0.4) is 0 Å². The van der Waals surface area contributed by atoms with Crippen molar-refractivity contribution in [1.82, 2.24) is 9.31 Å². The van der Waals surface area contributed by atoms with Crippen LogP contribution in [0.1, 0.15) is 49.3 Å². The molecule has 3 atom stereocenters. The summed E-state index contributed by atoms with van der Waals surface area (Å²) in [7, 11) is -0.651. The fourth-order valence-electron chi connectivity index (χ4n) is 6.39. The lowest BCUT2D eigenvalue weighted by molar-refractivity contribution is -0.137. The molecule has 0 bridgehead atoms. The van der Waals surface area contributed by atoms with Crippen LogP contribution in [0.4, 0.5) is 0 Å². The third-order valence-corrected chi connectivity index (χ3v) is 10.7. The number of amides is 1. The Kier molecular flexibility index (Phi) is 8.31. The van der Waals surface area contributed by atoms with Crippen molar-refractivity contribution in [3.8, 4) is 11.5 Å². The summed E-state index contributed by atoms with van der Waals surface area (Å²) in [5.41, 5.74) is 3.95. The third-order valence-electron chi connectivity index (χ3n) is 8.55. The number of nitrogens with zero attached hydrogens (tertiary/aromatic N) is 3. The summed E-state index contributed by atoms with van der Waals surface area (Å²) in [6.07, 6.45) is 5.83. The Morgan fingerprint density at radius 1 is 0.907 bits per heavy atom. The molecule has 6 rings (SSSR count). The van der Waals surface area contributed by atoms with Crippen molar-refractivity contribution in [1.29, 1.82) is 0 Å². The number of hydrogen-bond acceptors (Lipinski definition) is 6. The van der Waals surface area contributed by atoms with Crippen molar-refractivity contribution in [3.63, 3.8) is 0 Å². The standard InChI is InChI=1S/C33H34ClN3O5S/c1-41-26-14-8-22(9-15-26)21-24-5-3-6-29-31(24)35-37(32(29)23-10-16-27(42-2)17-11-23)33(38)30-7-4-20-36(30)43(39,40)28-18-12-25(34)13-19-28/h8-19,21,29-30,32H,3-7,20H2,1-2H3/b24-21+/t29-,30+,32-/m1/s1. The summed E-state index contributed by atoms with van der Waals surface area (Å²) in [4.78, 5) is 14.5. The van der Waals surface area contributed by atoms with E-state index in [9.17, 15) is 13.2 Å². The number of halogens is 1. The Balaban J connectivity index is 1.38. The number of sulfonamides is 1. The van der Waals surface area contributed by atoms with Gasteiger partial charge in [0.1, 0.15) is 17.5 Å². The summed E-state index contributed by atoms with van der Waals surface area (Å²) in [5.74, 6) is 1.19. The van der Waals surface area contributed by atoms with Crippen molar-refractivity contribution in [2.75, 3.05) is 20.8 Å². The number of allylic oxidation sites excluding steroid dienone is 1. The van der Waals surface area contributed by atoms with Crippen LogP contribution < -0.4 is 9.47 Å². The van der Waals surface area contributed by atoms with Crippen LogP contribution in [0.2, 0.25) is 5.02 Å². The monoisotopic (exact) mass is 619 g/mol. The molecule has 2 aliphatic heterocycles. The van der Waals surface area contributed by atoms with Gasteiger partial charge in [0.2, 0.25) is 10.0 Å². The van der Waals surface area contributed by atoms with E-state index in [0.29, 0.717) is 17.9 Å². The average molecular weight is 620 g/mol. The van der Waals surface area contributed by atoms with Gasteiger partial charge in [-0.15, -0.1) is 0 Å². The van der Waals surface area contributed by atoms with Gasteiger partial charge in [0.25, 0.3) is 5.91 Å². The highest BCUT2D eigenvalue weighted by Crippen LogP contribution is 2.45. The second kappa shape index (κ2) is 12.1. The van der Waals surface area contributed by atoms with Crippen molar-refractivity contribution in [3.05, 3.63) is 94.5 Å². The minimum absolute atomic E-state index is 0.0154. The first-order chi connectivity index (χ1) is 20.8. The summed E-state index contributed by atoms with van der Waals surface area (Å²) in [5, 5.41) is 7.02. The molecule has 8 nitrogen and oxygen atoms in total. The second-order valence-corrected chi connectivity index (χ2v) is 13.4. The molecule has 1 aliphatic carbocycles. The van der Waals surface area contributed by atoms with E-state index in [1.807, 2.05) is 48.5 Å². The van der Waals surface area contributed by atoms with Crippen LogP contribution in [-0.2, 0) is 14.8 Å². The number of methoxy groups -OCH3 is 2. The Labute approximate surface area is 257 Å². The normalized spacial score (nSPS) is 23.2. The van der Waals surface area contributed by atoms with Crippen molar-refractivity contribution >= 4 is 39.3 Å².